The van der Waals surface area contributed by atoms with Gasteiger partial charge in [0.25, 0.3) is 0 Å². The van der Waals surface area contributed by atoms with E-state index in [0.29, 0.717) is 8.58 Å². The van der Waals surface area contributed by atoms with Crippen molar-refractivity contribution >= 4 is 20.1 Å². The van der Waals surface area contributed by atoms with E-state index in [9.17, 15) is 0 Å². The highest BCUT2D eigenvalue weighted by Crippen LogP contribution is 2.52. The van der Waals surface area contributed by atoms with Gasteiger partial charge in [0.1, 0.15) is 5.75 Å². The molecule has 0 aromatic heterocycles. The Morgan fingerprint density at radius 2 is 1.83 bits per heavy atom. The Morgan fingerprint density at radius 1 is 1.07 bits per heavy atom. The molecule has 0 amide bonds. The van der Waals surface area contributed by atoms with Gasteiger partial charge in [-0.05, 0) is 56.1 Å². The molecule has 0 saturated carbocycles. The Labute approximate surface area is 178 Å². The Balaban J connectivity index is 2.65. The van der Waals surface area contributed by atoms with E-state index in [0.717, 1.165) is 25.0 Å². The number of benzene rings is 2. The third-order valence-corrected chi connectivity index (χ3v) is 7.46. The van der Waals surface area contributed by atoms with E-state index >= 15 is 0 Å². The fraction of sp³-hybridized carbons (Fsp3) is 0.480. The predicted octanol–water partition coefficient (Wildman–Crippen LogP) is 6.05. The maximum absolute atomic E-state index is 6.12. The molecule has 0 heterocycles. The summed E-state index contributed by atoms with van der Waals surface area (Å²) in [6, 6.07) is 11.3. The van der Waals surface area contributed by atoms with Crippen LogP contribution in [0.3, 0.4) is 0 Å². The second-order valence-electron chi connectivity index (χ2n) is 7.80. The number of hydrogen-bond acceptors (Lipinski definition) is 3. The molecule has 2 aromatic carbocycles. The molecule has 2 unspecified atom stereocenters. The van der Waals surface area contributed by atoms with Crippen LogP contribution in [0.4, 0.5) is 0 Å². The fourth-order valence-corrected chi connectivity index (χ4v) is 5.90. The number of aliphatic imine (C=N–C) groups is 1. The molecule has 0 spiro atoms. The molecule has 3 nitrogen and oxygen atoms in total. The van der Waals surface area contributed by atoms with Crippen molar-refractivity contribution in [1.82, 2.24) is 0 Å². The Bertz CT molecular complexity index is 847. The Hall–Kier alpha value is -1.70. The second kappa shape index (κ2) is 10.9. The Kier molecular flexibility index (Phi) is 8.86. The molecule has 0 fully saturated rings. The van der Waals surface area contributed by atoms with Gasteiger partial charge >= 0.3 is 0 Å². The minimum atomic E-state index is 0.0280. The van der Waals surface area contributed by atoms with Crippen LogP contribution in [0.5, 0.6) is 5.75 Å². The van der Waals surface area contributed by atoms with E-state index < -0.39 is 0 Å². The molecule has 29 heavy (non-hydrogen) atoms. The van der Waals surface area contributed by atoms with E-state index in [-0.39, 0.29) is 11.9 Å². The van der Waals surface area contributed by atoms with Crippen LogP contribution in [0.2, 0.25) is 0 Å². The molecule has 0 bridgehead atoms. The first-order chi connectivity index (χ1) is 13.9. The molecule has 0 N–H and O–H groups in total. The summed E-state index contributed by atoms with van der Waals surface area (Å²) in [6.45, 7) is 11.3. The summed E-state index contributed by atoms with van der Waals surface area (Å²) in [4.78, 5) is 4.31. The molecule has 4 heteroatoms. The molecular weight excluding hydrogens is 377 g/mol. The van der Waals surface area contributed by atoms with Crippen LogP contribution < -0.4 is 10.0 Å². The quantitative estimate of drug-likeness (QED) is 0.270. The topological polar surface area (TPSA) is 30.8 Å². The van der Waals surface area contributed by atoms with Crippen molar-refractivity contribution in [3.05, 3.63) is 58.1 Å². The molecule has 0 aliphatic carbocycles. The zero-order chi connectivity index (χ0) is 21.4. The van der Waals surface area contributed by atoms with E-state index in [1.807, 2.05) is 13.3 Å². The van der Waals surface area contributed by atoms with Gasteiger partial charge in [-0.25, -0.2) is 0 Å². The number of ether oxygens (including phenoxy) is 2. The van der Waals surface area contributed by atoms with Gasteiger partial charge in [-0.3, -0.25) is 4.99 Å². The predicted molar refractivity (Wildman–Crippen MR) is 128 cm³/mol. The SMILES string of the molecule is CCCC(CC)(Pc1ccc(C)cc1C=NC)c1cc(C)cc(C)c1OCOC. The molecule has 158 valence electrons. The summed E-state index contributed by atoms with van der Waals surface area (Å²) >= 11 is 0. The van der Waals surface area contributed by atoms with Crippen LogP contribution in [-0.4, -0.2) is 27.2 Å². The smallest absolute Gasteiger partial charge is 0.188 e. The van der Waals surface area contributed by atoms with Crippen molar-refractivity contribution in [3.8, 4) is 5.75 Å². The van der Waals surface area contributed by atoms with Crippen LogP contribution in [0.1, 0.15) is 60.9 Å². The molecular formula is C25H36NO2P. The van der Waals surface area contributed by atoms with Gasteiger partial charge in [0.2, 0.25) is 0 Å². The molecule has 0 saturated heterocycles. The average molecular weight is 414 g/mol. The van der Waals surface area contributed by atoms with Gasteiger partial charge in [-0.15, -0.1) is 0 Å². The van der Waals surface area contributed by atoms with Crippen LogP contribution in [0.25, 0.3) is 0 Å². The highest BCUT2D eigenvalue weighted by molar-refractivity contribution is 7.48. The first-order valence-electron chi connectivity index (χ1n) is 10.4. The lowest BCUT2D eigenvalue weighted by Gasteiger charge is -2.36. The van der Waals surface area contributed by atoms with Crippen molar-refractivity contribution in [2.45, 2.75) is 59.0 Å². The lowest BCUT2D eigenvalue weighted by Crippen LogP contribution is -2.25. The van der Waals surface area contributed by atoms with E-state index in [1.54, 1.807) is 7.11 Å². The third-order valence-electron chi connectivity index (χ3n) is 5.39. The molecule has 0 radical (unpaired) electrons. The molecule has 2 atom stereocenters. The van der Waals surface area contributed by atoms with E-state index in [2.05, 4.69) is 69.9 Å². The summed E-state index contributed by atoms with van der Waals surface area (Å²) in [5.74, 6) is 0.984. The fourth-order valence-electron chi connectivity index (χ4n) is 4.07. The molecule has 2 aromatic rings. The monoisotopic (exact) mass is 413 g/mol. The maximum Gasteiger partial charge on any atom is 0.188 e. The largest absolute Gasteiger partial charge is 0.467 e. The van der Waals surface area contributed by atoms with Gasteiger partial charge in [0.15, 0.2) is 6.79 Å². The van der Waals surface area contributed by atoms with Crippen LogP contribution in [0, 0.1) is 20.8 Å². The zero-order valence-electron chi connectivity index (χ0n) is 19.1. The minimum absolute atomic E-state index is 0.0280. The second-order valence-corrected chi connectivity index (χ2v) is 9.54. The summed E-state index contributed by atoms with van der Waals surface area (Å²) in [7, 11) is 4.15. The normalized spacial score (nSPS) is 14.0. The highest BCUT2D eigenvalue weighted by atomic mass is 31.1. The summed E-state index contributed by atoms with van der Waals surface area (Å²) < 4.78 is 11.4. The first kappa shape index (κ1) is 23.6. The van der Waals surface area contributed by atoms with Crippen molar-refractivity contribution in [2.75, 3.05) is 21.0 Å². The van der Waals surface area contributed by atoms with Crippen molar-refractivity contribution in [2.24, 2.45) is 4.99 Å². The average Bonchev–Trinajstić information content (AvgIpc) is 2.68. The minimum Gasteiger partial charge on any atom is -0.467 e. The molecule has 0 aliphatic heterocycles. The van der Waals surface area contributed by atoms with Crippen LogP contribution in [-0.2, 0) is 9.89 Å². The van der Waals surface area contributed by atoms with Crippen LogP contribution in [0.15, 0.2) is 35.3 Å². The molecule has 2 rings (SSSR count). The number of nitrogens with zero attached hydrogens (tertiary/aromatic N) is 1. The summed E-state index contributed by atoms with van der Waals surface area (Å²) in [6.07, 6.45) is 5.29. The van der Waals surface area contributed by atoms with Gasteiger partial charge in [-0.1, -0.05) is 64.2 Å². The van der Waals surface area contributed by atoms with Crippen molar-refractivity contribution < 1.29 is 9.47 Å². The number of aryl methyl sites for hydroxylation is 3. The third kappa shape index (κ3) is 5.68. The lowest BCUT2D eigenvalue weighted by molar-refractivity contribution is 0.0494. The van der Waals surface area contributed by atoms with Gasteiger partial charge < -0.3 is 9.47 Å². The van der Waals surface area contributed by atoms with Crippen molar-refractivity contribution in [3.63, 3.8) is 0 Å². The van der Waals surface area contributed by atoms with Crippen LogP contribution >= 0.6 is 8.58 Å². The standard InChI is InChI=1S/C25H36NO2P/c1-8-12-25(9-2,29-23-11-10-18(3)14-21(23)16-26-6)22-15-19(4)13-20(5)24(22)28-17-27-7/h10-11,13-16,29H,8-9,12,17H2,1-7H3. The van der Waals surface area contributed by atoms with Gasteiger partial charge in [0, 0.05) is 31.1 Å². The van der Waals surface area contributed by atoms with Gasteiger partial charge in [-0.2, -0.15) is 0 Å². The molecule has 0 aliphatic rings. The van der Waals surface area contributed by atoms with E-state index in [4.69, 9.17) is 9.47 Å². The lowest BCUT2D eigenvalue weighted by atomic mass is 9.87. The van der Waals surface area contributed by atoms with E-state index in [1.165, 1.54) is 33.1 Å². The number of hydrogen-bond donors (Lipinski definition) is 0. The zero-order valence-corrected chi connectivity index (χ0v) is 20.1. The van der Waals surface area contributed by atoms with Crippen molar-refractivity contribution in [1.29, 1.82) is 0 Å². The summed E-state index contributed by atoms with van der Waals surface area (Å²) in [5, 5.41) is 1.40. The number of rotatable bonds is 10. The highest BCUT2D eigenvalue weighted by Gasteiger charge is 2.34. The number of methoxy groups -OCH3 is 1. The maximum atomic E-state index is 6.12. The Morgan fingerprint density at radius 3 is 2.45 bits per heavy atom. The van der Waals surface area contributed by atoms with Gasteiger partial charge in [0.05, 0.1) is 0 Å². The summed E-state index contributed by atoms with van der Waals surface area (Å²) in [5.41, 5.74) is 6.26. The first-order valence-corrected chi connectivity index (χ1v) is 11.4.